The SMILES string of the molecule is CC(C)(N)C1CC(c2ccccc2)c2ccc(O)cc2O1. The average Bonchev–Trinajstić information content (AvgIpc) is 2.45. The molecule has 0 saturated heterocycles. The average molecular weight is 283 g/mol. The van der Waals surface area contributed by atoms with E-state index in [2.05, 4.69) is 12.1 Å². The van der Waals surface area contributed by atoms with E-state index in [-0.39, 0.29) is 17.8 Å². The second kappa shape index (κ2) is 5.08. The molecule has 0 radical (unpaired) electrons. The molecule has 0 aromatic heterocycles. The van der Waals surface area contributed by atoms with Gasteiger partial charge in [0.05, 0.1) is 0 Å². The highest BCUT2D eigenvalue weighted by Crippen LogP contribution is 2.43. The molecule has 0 fully saturated rings. The third-order valence-corrected chi connectivity index (χ3v) is 4.12. The Kier molecular flexibility index (Phi) is 3.38. The minimum absolute atomic E-state index is 0.0861. The van der Waals surface area contributed by atoms with Crippen molar-refractivity contribution in [2.75, 3.05) is 0 Å². The number of rotatable bonds is 2. The van der Waals surface area contributed by atoms with Crippen LogP contribution in [0.4, 0.5) is 0 Å². The lowest BCUT2D eigenvalue weighted by atomic mass is 9.80. The van der Waals surface area contributed by atoms with Gasteiger partial charge in [-0.3, -0.25) is 0 Å². The molecular weight excluding hydrogens is 262 g/mol. The van der Waals surface area contributed by atoms with Crippen molar-refractivity contribution < 1.29 is 9.84 Å². The van der Waals surface area contributed by atoms with Crippen LogP contribution in [0.5, 0.6) is 11.5 Å². The van der Waals surface area contributed by atoms with Crippen molar-refractivity contribution in [1.82, 2.24) is 0 Å². The molecule has 21 heavy (non-hydrogen) atoms. The summed E-state index contributed by atoms with van der Waals surface area (Å²) in [4.78, 5) is 0. The predicted octanol–water partition coefficient (Wildman–Crippen LogP) is 3.41. The first kappa shape index (κ1) is 14.0. The summed E-state index contributed by atoms with van der Waals surface area (Å²) < 4.78 is 6.04. The van der Waals surface area contributed by atoms with Crippen LogP contribution in [0.15, 0.2) is 48.5 Å². The zero-order valence-corrected chi connectivity index (χ0v) is 12.4. The van der Waals surface area contributed by atoms with E-state index in [1.165, 1.54) is 5.56 Å². The standard InChI is InChI=1S/C18H21NO2/c1-18(2,19)17-11-15(12-6-4-3-5-7-12)14-9-8-13(20)10-16(14)21-17/h3-10,15,17,20H,11,19H2,1-2H3. The fourth-order valence-corrected chi connectivity index (χ4v) is 2.91. The Morgan fingerprint density at radius 1 is 1.14 bits per heavy atom. The van der Waals surface area contributed by atoms with Gasteiger partial charge in [-0.25, -0.2) is 0 Å². The fourth-order valence-electron chi connectivity index (χ4n) is 2.91. The molecule has 1 aliphatic rings. The molecule has 0 aliphatic carbocycles. The monoisotopic (exact) mass is 283 g/mol. The van der Waals surface area contributed by atoms with Crippen molar-refractivity contribution >= 4 is 0 Å². The summed E-state index contributed by atoms with van der Waals surface area (Å²) in [5, 5.41) is 9.72. The third kappa shape index (κ3) is 2.74. The Morgan fingerprint density at radius 2 is 1.86 bits per heavy atom. The number of phenolic OH excluding ortho intramolecular Hbond substituents is 1. The summed E-state index contributed by atoms with van der Waals surface area (Å²) in [5.41, 5.74) is 8.19. The van der Waals surface area contributed by atoms with E-state index < -0.39 is 5.54 Å². The van der Waals surface area contributed by atoms with Crippen LogP contribution in [0.2, 0.25) is 0 Å². The van der Waals surface area contributed by atoms with E-state index in [1.807, 2.05) is 38.1 Å². The maximum absolute atomic E-state index is 9.72. The van der Waals surface area contributed by atoms with Gasteiger partial charge >= 0.3 is 0 Å². The molecule has 0 amide bonds. The van der Waals surface area contributed by atoms with Gasteiger partial charge < -0.3 is 15.6 Å². The van der Waals surface area contributed by atoms with Crippen molar-refractivity contribution in [3.8, 4) is 11.5 Å². The first-order valence-electron chi connectivity index (χ1n) is 7.28. The maximum Gasteiger partial charge on any atom is 0.127 e. The van der Waals surface area contributed by atoms with Crippen molar-refractivity contribution in [3.63, 3.8) is 0 Å². The van der Waals surface area contributed by atoms with Gasteiger partial charge in [0.1, 0.15) is 17.6 Å². The number of hydrogen-bond acceptors (Lipinski definition) is 3. The number of hydrogen-bond donors (Lipinski definition) is 2. The molecule has 2 aromatic carbocycles. The number of aromatic hydroxyl groups is 1. The highest BCUT2D eigenvalue weighted by molar-refractivity contribution is 5.47. The first-order chi connectivity index (χ1) is 9.95. The highest BCUT2D eigenvalue weighted by atomic mass is 16.5. The lowest BCUT2D eigenvalue weighted by Crippen LogP contribution is -2.50. The van der Waals surface area contributed by atoms with Crippen LogP contribution in [0.1, 0.15) is 37.3 Å². The van der Waals surface area contributed by atoms with Crippen molar-refractivity contribution in [2.45, 2.75) is 37.8 Å². The van der Waals surface area contributed by atoms with E-state index in [0.717, 1.165) is 17.7 Å². The first-order valence-corrected chi connectivity index (χ1v) is 7.28. The van der Waals surface area contributed by atoms with Crippen LogP contribution in [0.3, 0.4) is 0 Å². The molecule has 0 spiro atoms. The largest absolute Gasteiger partial charge is 0.508 e. The van der Waals surface area contributed by atoms with Crippen LogP contribution in [-0.4, -0.2) is 16.7 Å². The molecule has 2 atom stereocenters. The highest BCUT2D eigenvalue weighted by Gasteiger charge is 2.36. The van der Waals surface area contributed by atoms with Crippen LogP contribution in [0.25, 0.3) is 0 Å². The number of phenols is 1. The maximum atomic E-state index is 9.72. The molecule has 2 aromatic rings. The summed E-state index contributed by atoms with van der Waals surface area (Å²) >= 11 is 0. The van der Waals surface area contributed by atoms with Crippen molar-refractivity contribution in [2.24, 2.45) is 5.73 Å². The molecule has 3 N–H and O–H groups in total. The summed E-state index contributed by atoms with van der Waals surface area (Å²) in [7, 11) is 0. The molecule has 110 valence electrons. The zero-order chi connectivity index (χ0) is 15.0. The minimum atomic E-state index is -0.434. The van der Waals surface area contributed by atoms with Gasteiger partial charge in [-0.1, -0.05) is 36.4 Å². The normalized spacial score (nSPS) is 21.5. The van der Waals surface area contributed by atoms with Gasteiger partial charge in [-0.15, -0.1) is 0 Å². The van der Waals surface area contributed by atoms with Gasteiger partial charge in [-0.2, -0.15) is 0 Å². The summed E-state index contributed by atoms with van der Waals surface area (Å²) in [6, 6.07) is 15.7. The van der Waals surface area contributed by atoms with Gasteiger partial charge in [0.25, 0.3) is 0 Å². The summed E-state index contributed by atoms with van der Waals surface area (Å²) in [6.07, 6.45) is 0.752. The fraction of sp³-hybridized carbons (Fsp3) is 0.333. The summed E-state index contributed by atoms with van der Waals surface area (Å²) in [5.74, 6) is 1.19. The number of nitrogens with two attached hydrogens (primary N) is 1. The molecule has 3 heteroatoms. The zero-order valence-electron chi connectivity index (χ0n) is 12.4. The third-order valence-electron chi connectivity index (χ3n) is 4.12. The van der Waals surface area contributed by atoms with Crippen LogP contribution in [0, 0.1) is 0 Å². The Hall–Kier alpha value is -2.00. The second-order valence-electron chi connectivity index (χ2n) is 6.35. The molecule has 0 bridgehead atoms. The summed E-state index contributed by atoms with van der Waals surface area (Å²) in [6.45, 7) is 3.96. The predicted molar refractivity (Wildman–Crippen MR) is 83.7 cm³/mol. The van der Waals surface area contributed by atoms with Gasteiger partial charge in [0.2, 0.25) is 0 Å². The van der Waals surface area contributed by atoms with E-state index >= 15 is 0 Å². The molecule has 0 saturated carbocycles. The van der Waals surface area contributed by atoms with E-state index in [4.69, 9.17) is 10.5 Å². The Balaban J connectivity index is 2.07. The van der Waals surface area contributed by atoms with E-state index in [1.54, 1.807) is 12.1 Å². The van der Waals surface area contributed by atoms with Crippen molar-refractivity contribution in [1.29, 1.82) is 0 Å². The molecular formula is C18H21NO2. The Bertz CT molecular complexity index is 631. The lowest BCUT2D eigenvalue weighted by molar-refractivity contribution is 0.0995. The van der Waals surface area contributed by atoms with Gasteiger partial charge in [-0.05, 0) is 31.9 Å². The van der Waals surface area contributed by atoms with E-state index in [0.29, 0.717) is 0 Å². The lowest BCUT2D eigenvalue weighted by Gasteiger charge is -2.39. The number of fused-ring (bicyclic) bond motifs is 1. The molecule has 3 rings (SSSR count). The minimum Gasteiger partial charge on any atom is -0.508 e. The van der Waals surface area contributed by atoms with Crippen LogP contribution >= 0.6 is 0 Å². The molecule has 2 unspecified atom stereocenters. The topological polar surface area (TPSA) is 55.5 Å². The van der Waals surface area contributed by atoms with Gasteiger partial charge in [0, 0.05) is 23.1 Å². The second-order valence-corrected chi connectivity index (χ2v) is 6.35. The number of ether oxygens (including phenoxy) is 1. The van der Waals surface area contributed by atoms with Gasteiger partial charge in [0.15, 0.2) is 0 Å². The number of benzene rings is 2. The van der Waals surface area contributed by atoms with Crippen molar-refractivity contribution in [3.05, 3.63) is 59.7 Å². The molecule has 1 aliphatic heterocycles. The Labute approximate surface area is 125 Å². The smallest absolute Gasteiger partial charge is 0.127 e. The quantitative estimate of drug-likeness (QED) is 0.888. The van der Waals surface area contributed by atoms with Crippen LogP contribution in [-0.2, 0) is 0 Å². The van der Waals surface area contributed by atoms with Crippen LogP contribution < -0.4 is 10.5 Å². The molecule has 1 heterocycles. The Morgan fingerprint density at radius 3 is 2.52 bits per heavy atom. The molecule has 3 nitrogen and oxygen atoms in total. The van der Waals surface area contributed by atoms with E-state index in [9.17, 15) is 5.11 Å².